The number of halogens is 2. The van der Waals surface area contributed by atoms with Crippen molar-refractivity contribution in [1.82, 2.24) is 20.3 Å². The summed E-state index contributed by atoms with van der Waals surface area (Å²) in [6, 6.07) is 4.89. The number of hydrogen-bond donors (Lipinski definition) is 2. The molecule has 1 amide bonds. The van der Waals surface area contributed by atoms with E-state index in [2.05, 4.69) is 25.6 Å². The summed E-state index contributed by atoms with van der Waals surface area (Å²) in [6.45, 7) is 4.43. The minimum atomic E-state index is -0.549. The summed E-state index contributed by atoms with van der Waals surface area (Å²) in [5.41, 5.74) is 2.35. The third kappa shape index (κ3) is 3.75. The molecule has 3 heterocycles. The van der Waals surface area contributed by atoms with E-state index in [1.54, 1.807) is 18.3 Å². The van der Waals surface area contributed by atoms with Crippen molar-refractivity contribution in [2.75, 3.05) is 18.5 Å². The van der Waals surface area contributed by atoms with E-state index in [9.17, 15) is 4.79 Å². The van der Waals surface area contributed by atoms with Crippen molar-refractivity contribution < 1.29 is 13.9 Å². The Kier molecular flexibility index (Phi) is 5.67. The highest BCUT2D eigenvalue weighted by atomic mass is 35.5. The molecule has 9 heteroatoms. The second kappa shape index (κ2) is 8.39. The number of pyridine rings is 1. The maximum absolute atomic E-state index is 15.0. The Bertz CT molecular complexity index is 1100. The van der Waals surface area contributed by atoms with Crippen molar-refractivity contribution in [2.24, 2.45) is 0 Å². The molecule has 0 spiro atoms. The Morgan fingerprint density at radius 1 is 1.40 bits per heavy atom. The van der Waals surface area contributed by atoms with Crippen LogP contribution in [0, 0.1) is 5.82 Å². The normalized spacial score (nSPS) is 17.1. The molecule has 0 bridgehead atoms. The van der Waals surface area contributed by atoms with E-state index in [4.69, 9.17) is 16.3 Å². The van der Waals surface area contributed by atoms with Crippen LogP contribution in [0.2, 0.25) is 5.02 Å². The van der Waals surface area contributed by atoms with Crippen LogP contribution in [0.4, 0.5) is 10.2 Å². The van der Waals surface area contributed by atoms with Gasteiger partial charge in [-0.05, 0) is 32.0 Å². The molecule has 156 valence electrons. The molecule has 0 radical (unpaired) electrons. The van der Waals surface area contributed by atoms with Crippen LogP contribution >= 0.6 is 11.6 Å². The lowest BCUT2D eigenvalue weighted by Gasteiger charge is -2.24. The number of amides is 1. The summed E-state index contributed by atoms with van der Waals surface area (Å²) < 4.78 is 20.9. The van der Waals surface area contributed by atoms with Gasteiger partial charge < -0.3 is 15.4 Å². The molecule has 30 heavy (non-hydrogen) atoms. The highest BCUT2D eigenvalue weighted by molar-refractivity contribution is 6.31. The molecule has 2 unspecified atom stereocenters. The lowest BCUT2D eigenvalue weighted by Crippen LogP contribution is -2.16. The maximum Gasteiger partial charge on any atom is 0.220 e. The van der Waals surface area contributed by atoms with Crippen LogP contribution < -0.4 is 15.4 Å². The van der Waals surface area contributed by atoms with Crippen LogP contribution in [0.5, 0.6) is 5.75 Å². The van der Waals surface area contributed by atoms with Gasteiger partial charge in [0.1, 0.15) is 23.4 Å². The molecule has 1 saturated heterocycles. The highest BCUT2D eigenvalue weighted by Crippen LogP contribution is 2.42. The number of carbonyl (C=O) groups excluding carboxylic acids is 1. The topological polar surface area (TPSA) is 89.0 Å². The maximum atomic E-state index is 15.0. The molecule has 1 aliphatic rings. The number of aromatic nitrogens is 3. The molecule has 1 aromatic carbocycles. The van der Waals surface area contributed by atoms with Gasteiger partial charge in [-0.25, -0.2) is 14.4 Å². The number of rotatable bonds is 6. The van der Waals surface area contributed by atoms with E-state index in [1.807, 2.05) is 19.9 Å². The lowest BCUT2D eigenvalue weighted by molar-refractivity contribution is -0.119. The molecule has 2 atom stereocenters. The van der Waals surface area contributed by atoms with Crippen LogP contribution in [0.25, 0.3) is 11.0 Å². The molecular weight excluding hydrogens is 409 g/mol. The Morgan fingerprint density at radius 2 is 2.23 bits per heavy atom. The molecule has 4 rings (SSSR count). The molecule has 2 aromatic heterocycles. The number of nitrogens with one attached hydrogen (secondary N) is 2. The number of carbonyl (C=O) groups is 1. The van der Waals surface area contributed by atoms with Crippen molar-refractivity contribution in [2.45, 2.75) is 32.2 Å². The van der Waals surface area contributed by atoms with Crippen LogP contribution in [0.1, 0.15) is 43.4 Å². The van der Waals surface area contributed by atoms with Gasteiger partial charge in [0.15, 0.2) is 5.82 Å². The van der Waals surface area contributed by atoms with E-state index in [-0.39, 0.29) is 29.3 Å². The van der Waals surface area contributed by atoms with Gasteiger partial charge in [0, 0.05) is 36.2 Å². The molecule has 7 nitrogen and oxygen atoms in total. The van der Waals surface area contributed by atoms with Crippen molar-refractivity contribution >= 4 is 34.4 Å². The average molecular weight is 430 g/mol. The Hall–Kier alpha value is -3.00. The average Bonchev–Trinajstić information content (AvgIpc) is 3.17. The summed E-state index contributed by atoms with van der Waals surface area (Å²) in [4.78, 5) is 24.6. The highest BCUT2D eigenvalue weighted by Gasteiger charge is 2.32. The zero-order valence-electron chi connectivity index (χ0n) is 16.6. The largest absolute Gasteiger partial charge is 0.493 e. The molecule has 0 saturated carbocycles. The Balaban J connectivity index is 1.77. The fourth-order valence-corrected chi connectivity index (χ4v) is 3.95. The summed E-state index contributed by atoms with van der Waals surface area (Å²) >= 11 is 6.25. The van der Waals surface area contributed by atoms with Gasteiger partial charge in [-0.15, -0.1) is 0 Å². The second-order valence-electron chi connectivity index (χ2n) is 7.10. The van der Waals surface area contributed by atoms with Crippen LogP contribution in [-0.2, 0) is 4.79 Å². The third-order valence-corrected chi connectivity index (χ3v) is 5.40. The van der Waals surface area contributed by atoms with Crippen molar-refractivity contribution in [3.8, 4) is 5.75 Å². The van der Waals surface area contributed by atoms with E-state index in [0.29, 0.717) is 46.9 Å². The first kappa shape index (κ1) is 20.3. The molecule has 0 aliphatic carbocycles. The lowest BCUT2D eigenvalue weighted by atomic mass is 9.92. The minimum absolute atomic E-state index is 0.0119. The van der Waals surface area contributed by atoms with Gasteiger partial charge >= 0.3 is 0 Å². The summed E-state index contributed by atoms with van der Waals surface area (Å²) in [5.74, 6) is -0.0486. The number of fused-ring (bicyclic) bond motifs is 1. The van der Waals surface area contributed by atoms with Gasteiger partial charge in [0.2, 0.25) is 5.91 Å². The van der Waals surface area contributed by atoms with Gasteiger partial charge in [-0.1, -0.05) is 11.6 Å². The van der Waals surface area contributed by atoms with Gasteiger partial charge in [-0.2, -0.15) is 0 Å². The molecule has 1 aliphatic heterocycles. The molecular formula is C21H21ClFN5O2. The SMILES string of the molecule is CCOc1c(C(C)Nc2ncnc3cccnc23)cc(Cl)c(F)c1C1CNC(=O)C1. The van der Waals surface area contributed by atoms with E-state index in [1.165, 1.54) is 6.33 Å². The van der Waals surface area contributed by atoms with Gasteiger partial charge in [-0.3, -0.25) is 9.78 Å². The van der Waals surface area contributed by atoms with Gasteiger partial charge in [0.25, 0.3) is 0 Å². The van der Waals surface area contributed by atoms with Crippen LogP contribution in [-0.4, -0.2) is 34.0 Å². The summed E-state index contributed by atoms with van der Waals surface area (Å²) in [5, 5.41) is 6.05. The zero-order chi connectivity index (χ0) is 21.3. The fourth-order valence-electron chi connectivity index (χ4n) is 3.73. The number of benzene rings is 1. The Morgan fingerprint density at radius 3 is 2.97 bits per heavy atom. The second-order valence-corrected chi connectivity index (χ2v) is 7.51. The number of ether oxygens (including phenoxy) is 1. The van der Waals surface area contributed by atoms with E-state index < -0.39 is 5.82 Å². The first-order valence-electron chi connectivity index (χ1n) is 9.73. The van der Waals surface area contributed by atoms with Crippen molar-refractivity contribution in [3.05, 3.63) is 52.7 Å². The summed E-state index contributed by atoms with van der Waals surface area (Å²) in [7, 11) is 0. The number of hydrogen-bond acceptors (Lipinski definition) is 6. The quantitative estimate of drug-likeness (QED) is 0.615. The smallest absolute Gasteiger partial charge is 0.220 e. The molecule has 3 aromatic rings. The van der Waals surface area contributed by atoms with E-state index >= 15 is 4.39 Å². The Labute approximate surface area is 178 Å². The number of anilines is 1. The predicted octanol–water partition coefficient (Wildman–Crippen LogP) is 3.99. The number of nitrogens with zero attached hydrogens (tertiary/aromatic N) is 3. The van der Waals surface area contributed by atoms with E-state index in [0.717, 1.165) is 0 Å². The predicted molar refractivity (Wildman–Crippen MR) is 112 cm³/mol. The standard InChI is InChI=1S/C21H21ClFN5O2/c1-3-30-20-13(8-14(22)18(23)17(20)12-7-16(29)25-9-12)11(2)28-21-19-15(26-10-27-21)5-4-6-24-19/h4-6,8,10-12H,3,7,9H2,1-2H3,(H,25,29)(H,26,27,28). The van der Waals surface area contributed by atoms with Crippen molar-refractivity contribution in [3.63, 3.8) is 0 Å². The molecule has 1 fully saturated rings. The monoisotopic (exact) mass is 429 g/mol. The fraction of sp³-hybridized carbons (Fsp3) is 0.333. The van der Waals surface area contributed by atoms with Crippen molar-refractivity contribution in [1.29, 1.82) is 0 Å². The van der Waals surface area contributed by atoms with Gasteiger partial charge in [0.05, 0.1) is 23.2 Å². The first-order valence-corrected chi connectivity index (χ1v) is 10.1. The van der Waals surface area contributed by atoms with Crippen LogP contribution in [0.15, 0.2) is 30.7 Å². The zero-order valence-corrected chi connectivity index (χ0v) is 17.3. The third-order valence-electron chi connectivity index (χ3n) is 5.12. The first-order chi connectivity index (χ1) is 14.5. The summed E-state index contributed by atoms with van der Waals surface area (Å²) in [6.07, 6.45) is 3.32. The van der Waals surface area contributed by atoms with Crippen LogP contribution in [0.3, 0.4) is 0 Å². The molecule has 2 N–H and O–H groups in total. The minimum Gasteiger partial charge on any atom is -0.493 e.